The molecule has 118 valence electrons. The van der Waals surface area contributed by atoms with E-state index < -0.39 is 0 Å². The van der Waals surface area contributed by atoms with E-state index >= 15 is 0 Å². The van der Waals surface area contributed by atoms with Crippen molar-refractivity contribution in [2.75, 3.05) is 36.0 Å². The van der Waals surface area contributed by atoms with E-state index in [2.05, 4.69) is 19.9 Å². The van der Waals surface area contributed by atoms with Crippen molar-refractivity contribution in [1.29, 1.82) is 0 Å². The largest absolute Gasteiger partial charge is 0.367 e. The molecule has 1 saturated heterocycles. The van der Waals surface area contributed by atoms with Gasteiger partial charge in [-0.25, -0.2) is 9.50 Å². The summed E-state index contributed by atoms with van der Waals surface area (Å²) in [5.41, 5.74) is 1.86. The van der Waals surface area contributed by atoms with Gasteiger partial charge in [0.15, 0.2) is 5.65 Å². The highest BCUT2D eigenvalue weighted by atomic mass is 35.5. The molecule has 5 nitrogen and oxygen atoms in total. The molecule has 1 aliphatic heterocycles. The minimum Gasteiger partial charge on any atom is -0.367 e. The first-order valence-electron chi connectivity index (χ1n) is 7.47. The van der Waals surface area contributed by atoms with Crippen LogP contribution in [-0.2, 0) is 0 Å². The van der Waals surface area contributed by atoms with Gasteiger partial charge in [0.2, 0.25) is 0 Å². The fraction of sp³-hybridized carbons (Fsp3) is 0.250. The molecule has 7 heteroatoms. The molecule has 4 rings (SSSR count). The molecule has 0 amide bonds. The van der Waals surface area contributed by atoms with E-state index in [0.717, 1.165) is 43.3 Å². The van der Waals surface area contributed by atoms with Gasteiger partial charge in [0.1, 0.15) is 5.82 Å². The maximum atomic E-state index is 6.32. The first-order chi connectivity index (χ1) is 11.2. The number of halogens is 2. The third-order valence-corrected chi connectivity index (χ3v) is 4.93. The van der Waals surface area contributed by atoms with Crippen LogP contribution >= 0.6 is 23.2 Å². The standard InChI is InChI=1S/C16H15Cl2N5/c17-12-2-1-3-13(16(12)18)21-8-10-22(11-9-21)14-5-7-23-15(20-14)4-6-19-23/h1-7H,8-11H2. The van der Waals surface area contributed by atoms with Crippen LogP contribution in [0.15, 0.2) is 42.7 Å². The topological polar surface area (TPSA) is 36.7 Å². The van der Waals surface area contributed by atoms with E-state index in [4.69, 9.17) is 23.2 Å². The van der Waals surface area contributed by atoms with Crippen LogP contribution in [0.3, 0.4) is 0 Å². The molecule has 0 radical (unpaired) electrons. The van der Waals surface area contributed by atoms with Gasteiger partial charge in [-0.2, -0.15) is 5.10 Å². The maximum absolute atomic E-state index is 6.32. The van der Waals surface area contributed by atoms with Crippen LogP contribution in [0.25, 0.3) is 5.65 Å². The molecule has 0 saturated carbocycles. The number of hydrogen-bond acceptors (Lipinski definition) is 4. The van der Waals surface area contributed by atoms with Crippen LogP contribution in [0.1, 0.15) is 0 Å². The second-order valence-corrected chi connectivity index (χ2v) is 6.25. The van der Waals surface area contributed by atoms with Gasteiger partial charge in [0.25, 0.3) is 0 Å². The highest BCUT2D eigenvalue weighted by Crippen LogP contribution is 2.33. The number of aromatic nitrogens is 3. The molecule has 0 bridgehead atoms. The van der Waals surface area contributed by atoms with Gasteiger partial charge in [0, 0.05) is 38.4 Å². The van der Waals surface area contributed by atoms with E-state index in [0.29, 0.717) is 10.0 Å². The lowest BCUT2D eigenvalue weighted by Gasteiger charge is -2.37. The predicted molar refractivity (Wildman–Crippen MR) is 93.9 cm³/mol. The lowest BCUT2D eigenvalue weighted by molar-refractivity contribution is 0.647. The average molecular weight is 348 g/mol. The minimum atomic E-state index is 0.597. The van der Waals surface area contributed by atoms with Crippen molar-refractivity contribution in [2.24, 2.45) is 0 Å². The summed E-state index contributed by atoms with van der Waals surface area (Å²) in [6.45, 7) is 3.54. The summed E-state index contributed by atoms with van der Waals surface area (Å²) < 4.78 is 1.77. The van der Waals surface area contributed by atoms with E-state index in [9.17, 15) is 0 Å². The van der Waals surface area contributed by atoms with Crippen molar-refractivity contribution in [3.05, 3.63) is 52.8 Å². The van der Waals surface area contributed by atoms with Crippen molar-refractivity contribution in [1.82, 2.24) is 14.6 Å². The summed E-state index contributed by atoms with van der Waals surface area (Å²) in [5, 5.41) is 5.40. The highest BCUT2D eigenvalue weighted by molar-refractivity contribution is 6.43. The van der Waals surface area contributed by atoms with Crippen molar-refractivity contribution < 1.29 is 0 Å². The van der Waals surface area contributed by atoms with Gasteiger partial charge >= 0.3 is 0 Å². The average Bonchev–Trinajstić information content (AvgIpc) is 3.05. The molecule has 0 aliphatic carbocycles. The van der Waals surface area contributed by atoms with Crippen molar-refractivity contribution in [2.45, 2.75) is 0 Å². The second-order valence-electron chi connectivity index (χ2n) is 5.47. The Labute approximate surface area is 144 Å². The number of nitrogens with zero attached hydrogens (tertiary/aromatic N) is 5. The Morgan fingerprint density at radius 3 is 2.52 bits per heavy atom. The fourth-order valence-corrected chi connectivity index (χ4v) is 3.31. The van der Waals surface area contributed by atoms with E-state index in [1.807, 2.05) is 36.5 Å². The SMILES string of the molecule is Clc1cccc(N2CCN(c3ccn4nccc4n3)CC2)c1Cl. The van der Waals surface area contributed by atoms with Gasteiger partial charge in [-0.05, 0) is 18.2 Å². The molecule has 0 spiro atoms. The Morgan fingerprint density at radius 2 is 1.70 bits per heavy atom. The normalized spacial score (nSPS) is 15.4. The van der Waals surface area contributed by atoms with Gasteiger partial charge in [-0.15, -0.1) is 0 Å². The zero-order valence-electron chi connectivity index (χ0n) is 12.4. The first kappa shape index (κ1) is 14.6. The van der Waals surface area contributed by atoms with Crippen LogP contribution in [0.2, 0.25) is 10.0 Å². The molecule has 1 aliphatic rings. The number of hydrogen-bond donors (Lipinski definition) is 0. The van der Waals surface area contributed by atoms with Crippen molar-refractivity contribution in [3.63, 3.8) is 0 Å². The highest BCUT2D eigenvalue weighted by Gasteiger charge is 2.20. The monoisotopic (exact) mass is 347 g/mol. The summed E-state index contributed by atoms with van der Waals surface area (Å²) in [7, 11) is 0. The number of fused-ring (bicyclic) bond motifs is 1. The molecule has 1 fully saturated rings. The third kappa shape index (κ3) is 2.71. The number of piperazine rings is 1. The number of anilines is 2. The number of benzene rings is 1. The Morgan fingerprint density at radius 1 is 0.913 bits per heavy atom. The molecule has 1 aromatic carbocycles. The molecule has 23 heavy (non-hydrogen) atoms. The van der Waals surface area contributed by atoms with Crippen LogP contribution < -0.4 is 9.80 Å². The molecule has 0 unspecified atom stereocenters. The predicted octanol–water partition coefficient (Wildman–Crippen LogP) is 3.36. The van der Waals surface area contributed by atoms with Gasteiger partial charge in [-0.3, -0.25) is 0 Å². The lowest BCUT2D eigenvalue weighted by Crippen LogP contribution is -2.47. The minimum absolute atomic E-state index is 0.597. The molecule has 0 atom stereocenters. The van der Waals surface area contributed by atoms with Gasteiger partial charge < -0.3 is 9.80 Å². The Balaban J connectivity index is 1.51. The molecule has 3 heterocycles. The van der Waals surface area contributed by atoms with E-state index in [1.165, 1.54) is 0 Å². The molecular weight excluding hydrogens is 333 g/mol. The fourth-order valence-electron chi connectivity index (χ4n) is 2.89. The summed E-state index contributed by atoms with van der Waals surface area (Å²) in [5.74, 6) is 0.981. The summed E-state index contributed by atoms with van der Waals surface area (Å²) in [6, 6.07) is 9.67. The molecule has 3 aromatic rings. The molecule has 0 N–H and O–H groups in total. The third-order valence-electron chi connectivity index (χ3n) is 4.12. The van der Waals surface area contributed by atoms with Crippen LogP contribution in [0, 0.1) is 0 Å². The first-order valence-corrected chi connectivity index (χ1v) is 8.22. The lowest BCUT2D eigenvalue weighted by atomic mass is 10.2. The molecular formula is C16H15Cl2N5. The van der Waals surface area contributed by atoms with Crippen molar-refractivity contribution in [3.8, 4) is 0 Å². The number of rotatable bonds is 2. The van der Waals surface area contributed by atoms with Crippen LogP contribution in [0.4, 0.5) is 11.5 Å². The van der Waals surface area contributed by atoms with Gasteiger partial charge in [0.05, 0.1) is 21.9 Å². The zero-order chi connectivity index (χ0) is 15.8. The maximum Gasteiger partial charge on any atom is 0.157 e. The zero-order valence-corrected chi connectivity index (χ0v) is 13.9. The van der Waals surface area contributed by atoms with E-state index in [1.54, 1.807) is 10.7 Å². The van der Waals surface area contributed by atoms with Crippen LogP contribution in [-0.4, -0.2) is 40.8 Å². The van der Waals surface area contributed by atoms with E-state index in [-0.39, 0.29) is 0 Å². The van der Waals surface area contributed by atoms with Crippen molar-refractivity contribution >= 4 is 40.4 Å². The summed E-state index contributed by atoms with van der Waals surface area (Å²) in [4.78, 5) is 9.19. The molecule has 2 aromatic heterocycles. The Kier molecular flexibility index (Phi) is 3.75. The quantitative estimate of drug-likeness (QED) is 0.712. The smallest absolute Gasteiger partial charge is 0.157 e. The summed E-state index contributed by atoms with van der Waals surface area (Å²) >= 11 is 12.4. The Bertz CT molecular complexity index is 839. The summed E-state index contributed by atoms with van der Waals surface area (Å²) in [6.07, 6.45) is 3.70. The Hall–Kier alpha value is -1.98. The second kappa shape index (κ2) is 5.91. The van der Waals surface area contributed by atoms with Crippen LogP contribution in [0.5, 0.6) is 0 Å². The van der Waals surface area contributed by atoms with Gasteiger partial charge in [-0.1, -0.05) is 29.3 Å².